The Kier molecular flexibility index (Phi) is 4.43. The molecule has 1 N–H and O–H groups in total. The van der Waals surface area contributed by atoms with E-state index in [0.29, 0.717) is 24.4 Å². The highest BCUT2D eigenvalue weighted by Crippen LogP contribution is 2.15. The summed E-state index contributed by atoms with van der Waals surface area (Å²) in [6, 6.07) is 11.2. The van der Waals surface area contributed by atoms with Crippen molar-refractivity contribution in [2.45, 2.75) is 13.2 Å². The van der Waals surface area contributed by atoms with Crippen molar-refractivity contribution < 1.29 is 9.84 Å². The van der Waals surface area contributed by atoms with Gasteiger partial charge < -0.3 is 9.84 Å². The molecule has 2 rings (SSSR count). The Morgan fingerprint density at radius 2 is 2.05 bits per heavy atom. The van der Waals surface area contributed by atoms with Crippen molar-refractivity contribution in [3.63, 3.8) is 0 Å². The molecule has 19 heavy (non-hydrogen) atoms. The lowest BCUT2D eigenvalue weighted by molar-refractivity contribution is 0.181. The van der Waals surface area contributed by atoms with Gasteiger partial charge in [-0.25, -0.2) is 4.68 Å². The second-order valence-corrected chi connectivity index (χ2v) is 4.10. The molecule has 1 aromatic heterocycles. The fourth-order valence-electron chi connectivity index (χ4n) is 1.79. The molecule has 2 aromatic rings. The number of rotatable bonds is 5. The minimum absolute atomic E-state index is 0.278. The fourth-order valence-corrected chi connectivity index (χ4v) is 1.79. The van der Waals surface area contributed by atoms with Crippen LogP contribution in [0.25, 0.3) is 11.3 Å². The zero-order valence-corrected chi connectivity index (χ0v) is 10.7. The van der Waals surface area contributed by atoms with Crippen molar-refractivity contribution in [2.24, 2.45) is 0 Å². The van der Waals surface area contributed by atoms with Gasteiger partial charge in [-0.3, -0.25) is 4.79 Å². The van der Waals surface area contributed by atoms with Crippen LogP contribution in [-0.4, -0.2) is 28.6 Å². The maximum Gasteiger partial charge on any atom is 0.272 e. The third-order valence-corrected chi connectivity index (χ3v) is 2.80. The summed E-state index contributed by atoms with van der Waals surface area (Å²) in [6.07, 6.45) is 0. The highest BCUT2D eigenvalue weighted by Gasteiger charge is 2.09. The van der Waals surface area contributed by atoms with Crippen molar-refractivity contribution in [1.29, 1.82) is 0 Å². The molecule has 0 saturated carbocycles. The van der Waals surface area contributed by atoms with Crippen molar-refractivity contribution in [3.05, 3.63) is 52.3 Å². The Labute approximate surface area is 111 Å². The summed E-state index contributed by atoms with van der Waals surface area (Å²) < 4.78 is 6.29. The summed E-state index contributed by atoms with van der Waals surface area (Å²) in [7, 11) is 1.57. The lowest BCUT2D eigenvalue weighted by Gasteiger charge is -2.09. The van der Waals surface area contributed by atoms with Gasteiger partial charge in [0.25, 0.3) is 5.56 Å². The molecule has 0 spiro atoms. The number of ether oxygens (including phenoxy) is 1. The normalized spacial score (nSPS) is 10.6. The monoisotopic (exact) mass is 260 g/mol. The largest absolute Gasteiger partial charge is 0.391 e. The van der Waals surface area contributed by atoms with Crippen LogP contribution in [0.15, 0.2) is 41.2 Å². The Bertz CT molecular complexity index is 593. The molecule has 0 radical (unpaired) electrons. The molecule has 0 amide bonds. The summed E-state index contributed by atoms with van der Waals surface area (Å²) in [5.41, 5.74) is 1.63. The number of benzene rings is 1. The van der Waals surface area contributed by atoms with Gasteiger partial charge in [0.2, 0.25) is 0 Å². The molecule has 0 saturated heterocycles. The van der Waals surface area contributed by atoms with E-state index in [-0.39, 0.29) is 12.2 Å². The van der Waals surface area contributed by atoms with Crippen LogP contribution in [0, 0.1) is 0 Å². The van der Waals surface area contributed by atoms with Crippen LogP contribution in [0.4, 0.5) is 0 Å². The zero-order valence-electron chi connectivity index (χ0n) is 10.7. The Balaban J connectivity index is 2.48. The highest BCUT2D eigenvalue weighted by atomic mass is 16.5. The lowest BCUT2D eigenvalue weighted by atomic mass is 10.1. The van der Waals surface area contributed by atoms with E-state index in [1.165, 1.54) is 4.68 Å². The first-order valence-corrected chi connectivity index (χ1v) is 6.02. The third kappa shape index (κ3) is 3.07. The molecule has 0 fully saturated rings. The van der Waals surface area contributed by atoms with Crippen molar-refractivity contribution in [1.82, 2.24) is 9.78 Å². The average Bonchev–Trinajstić information content (AvgIpc) is 2.47. The first-order valence-electron chi connectivity index (χ1n) is 6.02. The molecule has 0 aliphatic carbocycles. The SMILES string of the molecule is COCCn1nc(-c2ccccc2)cc(CO)c1=O. The van der Waals surface area contributed by atoms with Crippen molar-refractivity contribution >= 4 is 0 Å². The van der Waals surface area contributed by atoms with E-state index in [0.717, 1.165) is 5.56 Å². The topological polar surface area (TPSA) is 64.3 Å². The van der Waals surface area contributed by atoms with E-state index in [4.69, 9.17) is 4.74 Å². The third-order valence-electron chi connectivity index (χ3n) is 2.80. The standard InChI is InChI=1S/C14H16N2O3/c1-19-8-7-16-14(18)12(10-17)9-13(15-16)11-5-3-2-4-6-11/h2-6,9,17H,7-8,10H2,1H3. The molecule has 0 aliphatic rings. The first-order chi connectivity index (χ1) is 9.26. The van der Waals surface area contributed by atoms with Gasteiger partial charge in [-0.2, -0.15) is 5.10 Å². The minimum Gasteiger partial charge on any atom is -0.391 e. The van der Waals surface area contributed by atoms with Gasteiger partial charge in [0, 0.05) is 18.2 Å². The van der Waals surface area contributed by atoms with Gasteiger partial charge in [-0.1, -0.05) is 30.3 Å². The van der Waals surface area contributed by atoms with Crippen LogP contribution in [0.1, 0.15) is 5.56 Å². The second kappa shape index (κ2) is 6.26. The van der Waals surface area contributed by atoms with Crippen LogP contribution >= 0.6 is 0 Å². The number of hydrogen-bond donors (Lipinski definition) is 1. The van der Waals surface area contributed by atoms with E-state index < -0.39 is 0 Å². The molecular weight excluding hydrogens is 244 g/mol. The summed E-state index contributed by atoms with van der Waals surface area (Å²) in [4.78, 5) is 12.0. The Morgan fingerprint density at radius 3 is 2.68 bits per heavy atom. The zero-order chi connectivity index (χ0) is 13.7. The van der Waals surface area contributed by atoms with Crippen LogP contribution < -0.4 is 5.56 Å². The number of aliphatic hydroxyl groups excluding tert-OH is 1. The quantitative estimate of drug-likeness (QED) is 0.872. The van der Waals surface area contributed by atoms with E-state index >= 15 is 0 Å². The number of aromatic nitrogens is 2. The molecular formula is C14H16N2O3. The van der Waals surface area contributed by atoms with Gasteiger partial charge in [-0.05, 0) is 6.07 Å². The lowest BCUT2D eigenvalue weighted by Crippen LogP contribution is -2.28. The molecule has 0 bridgehead atoms. The van der Waals surface area contributed by atoms with Crippen LogP contribution in [0.5, 0.6) is 0 Å². The molecule has 1 aromatic carbocycles. The molecule has 5 heteroatoms. The Morgan fingerprint density at radius 1 is 1.32 bits per heavy atom. The molecule has 0 unspecified atom stereocenters. The smallest absolute Gasteiger partial charge is 0.272 e. The van der Waals surface area contributed by atoms with Crippen molar-refractivity contribution in [2.75, 3.05) is 13.7 Å². The molecule has 100 valence electrons. The minimum atomic E-state index is -0.297. The van der Waals surface area contributed by atoms with Gasteiger partial charge in [-0.15, -0.1) is 0 Å². The Hall–Kier alpha value is -1.98. The summed E-state index contributed by atoms with van der Waals surface area (Å²) in [5.74, 6) is 0. The predicted molar refractivity (Wildman–Crippen MR) is 71.7 cm³/mol. The second-order valence-electron chi connectivity index (χ2n) is 4.10. The van der Waals surface area contributed by atoms with E-state index in [1.54, 1.807) is 13.2 Å². The maximum absolute atomic E-state index is 12.0. The summed E-state index contributed by atoms with van der Waals surface area (Å²) >= 11 is 0. The molecule has 5 nitrogen and oxygen atoms in total. The van der Waals surface area contributed by atoms with Crippen LogP contribution in [-0.2, 0) is 17.9 Å². The summed E-state index contributed by atoms with van der Waals surface area (Å²) in [6.45, 7) is 0.465. The number of hydrogen-bond acceptors (Lipinski definition) is 4. The maximum atomic E-state index is 12.0. The van der Waals surface area contributed by atoms with Gasteiger partial charge in [0.1, 0.15) is 0 Å². The first kappa shape index (κ1) is 13.5. The molecule has 0 atom stereocenters. The van der Waals surface area contributed by atoms with Crippen molar-refractivity contribution in [3.8, 4) is 11.3 Å². The average molecular weight is 260 g/mol. The molecule has 0 aliphatic heterocycles. The van der Waals surface area contributed by atoms with E-state index in [1.807, 2.05) is 30.3 Å². The highest BCUT2D eigenvalue weighted by molar-refractivity contribution is 5.58. The number of aliphatic hydroxyl groups is 1. The van der Waals surface area contributed by atoms with Crippen LogP contribution in [0.2, 0.25) is 0 Å². The van der Waals surface area contributed by atoms with E-state index in [2.05, 4.69) is 5.10 Å². The summed E-state index contributed by atoms with van der Waals surface area (Å²) in [5, 5.41) is 13.6. The van der Waals surface area contributed by atoms with Crippen LogP contribution in [0.3, 0.4) is 0 Å². The number of nitrogens with zero attached hydrogens (tertiary/aromatic N) is 2. The molecule has 1 heterocycles. The fraction of sp³-hybridized carbons (Fsp3) is 0.286. The van der Waals surface area contributed by atoms with Gasteiger partial charge >= 0.3 is 0 Å². The van der Waals surface area contributed by atoms with E-state index in [9.17, 15) is 9.90 Å². The number of methoxy groups -OCH3 is 1. The predicted octanol–water partition coefficient (Wildman–Crippen LogP) is 1.05. The van der Waals surface area contributed by atoms with Gasteiger partial charge in [0.05, 0.1) is 25.5 Å². The van der Waals surface area contributed by atoms with Gasteiger partial charge in [0.15, 0.2) is 0 Å².